The Labute approximate surface area is 157 Å². The van der Waals surface area contributed by atoms with Gasteiger partial charge in [-0.3, -0.25) is 0 Å². The largest absolute Gasteiger partial charge is 0.267 e. The Balaban J connectivity index is 1.90. The van der Waals surface area contributed by atoms with Crippen molar-refractivity contribution in [2.24, 2.45) is 5.14 Å². The Kier molecular flexibility index (Phi) is 3.64. The third-order valence-corrected chi connectivity index (χ3v) is 7.69. The van der Waals surface area contributed by atoms with Crippen LogP contribution in [0.1, 0.15) is 51.7 Å². The number of nitrogens with zero attached hydrogens (tertiary/aromatic N) is 3. The molecule has 1 aliphatic rings. The van der Waals surface area contributed by atoms with Crippen LogP contribution < -0.4 is 5.14 Å². The molecule has 0 unspecified atom stereocenters. The van der Waals surface area contributed by atoms with Crippen LogP contribution in [0.2, 0.25) is 0 Å². The second-order valence-corrected chi connectivity index (χ2v) is 11.0. The Hall–Kier alpha value is -1.77. The molecular formula is C18H22N4O2S2. The summed E-state index contributed by atoms with van der Waals surface area (Å²) >= 11 is 0.976. The first-order valence-electron chi connectivity index (χ1n) is 8.52. The van der Waals surface area contributed by atoms with Gasteiger partial charge in [0.05, 0.1) is 11.9 Å². The summed E-state index contributed by atoms with van der Waals surface area (Å²) < 4.78 is 24.6. The molecule has 0 amide bonds. The van der Waals surface area contributed by atoms with Crippen LogP contribution in [-0.4, -0.2) is 23.0 Å². The summed E-state index contributed by atoms with van der Waals surface area (Å²) in [7, 11) is -3.84. The molecule has 2 N–H and O–H groups in total. The average Bonchev–Trinajstić information content (AvgIpc) is 3.11. The van der Waals surface area contributed by atoms with Gasteiger partial charge >= 0.3 is 0 Å². The number of imidazole rings is 1. The highest BCUT2D eigenvalue weighted by molar-refractivity contribution is 7.91. The molecule has 2 aromatic heterocycles. The standard InChI is InChI=1S/C18H22N4O2S2/c1-17(2)7-8-18(3,4)13-9-11(5-6-12(13)17)14-10-20-15-22(14)21-16(25-15)26(19,23)24/h5-6,9-10H,7-8H2,1-4H3,(H2,19,23,24). The van der Waals surface area contributed by atoms with Crippen LogP contribution in [0.5, 0.6) is 0 Å². The molecule has 0 radical (unpaired) electrons. The van der Waals surface area contributed by atoms with Crippen LogP contribution in [0.4, 0.5) is 0 Å². The van der Waals surface area contributed by atoms with E-state index in [1.54, 1.807) is 10.7 Å². The van der Waals surface area contributed by atoms with Gasteiger partial charge in [0.2, 0.25) is 9.30 Å². The van der Waals surface area contributed by atoms with Crippen molar-refractivity contribution in [1.29, 1.82) is 0 Å². The molecule has 4 rings (SSSR count). The lowest BCUT2D eigenvalue weighted by molar-refractivity contribution is 0.332. The quantitative estimate of drug-likeness (QED) is 0.725. The molecule has 0 spiro atoms. The minimum absolute atomic E-state index is 0.0957. The number of hydrogen-bond donors (Lipinski definition) is 1. The number of primary sulfonamides is 1. The molecule has 0 atom stereocenters. The third kappa shape index (κ3) is 2.67. The lowest BCUT2D eigenvalue weighted by atomic mass is 9.63. The molecule has 0 bridgehead atoms. The molecule has 26 heavy (non-hydrogen) atoms. The first-order valence-corrected chi connectivity index (χ1v) is 10.9. The van der Waals surface area contributed by atoms with Crippen LogP contribution in [-0.2, 0) is 20.9 Å². The highest BCUT2D eigenvalue weighted by atomic mass is 32.2. The van der Waals surface area contributed by atoms with Gasteiger partial charge in [0, 0.05) is 5.56 Å². The van der Waals surface area contributed by atoms with E-state index in [2.05, 4.69) is 56.0 Å². The van der Waals surface area contributed by atoms with Crippen molar-refractivity contribution in [1.82, 2.24) is 14.6 Å². The van der Waals surface area contributed by atoms with E-state index >= 15 is 0 Å². The van der Waals surface area contributed by atoms with Gasteiger partial charge in [-0.1, -0.05) is 51.2 Å². The van der Waals surface area contributed by atoms with E-state index in [4.69, 9.17) is 5.14 Å². The first-order chi connectivity index (χ1) is 12.0. The van der Waals surface area contributed by atoms with E-state index in [1.165, 1.54) is 11.1 Å². The Morgan fingerprint density at radius 1 is 1.12 bits per heavy atom. The van der Waals surface area contributed by atoms with E-state index < -0.39 is 10.0 Å². The Morgan fingerprint density at radius 2 is 1.77 bits per heavy atom. The SMILES string of the molecule is CC1(C)CCC(C)(C)c2cc(-c3cnc4sc(S(N)(=O)=O)nn34)ccc21. The summed E-state index contributed by atoms with van der Waals surface area (Å²) in [5.41, 5.74) is 4.71. The summed E-state index contributed by atoms with van der Waals surface area (Å²) in [5, 5.41) is 9.36. The second kappa shape index (κ2) is 5.37. The smallest absolute Gasteiger partial charge is 0.225 e. The third-order valence-electron chi connectivity index (χ3n) is 5.46. The van der Waals surface area contributed by atoms with Crippen molar-refractivity contribution in [2.75, 3.05) is 0 Å². The molecular weight excluding hydrogens is 368 g/mol. The number of benzene rings is 1. The Morgan fingerprint density at radius 3 is 2.42 bits per heavy atom. The molecule has 6 nitrogen and oxygen atoms in total. The molecule has 1 aliphatic carbocycles. The van der Waals surface area contributed by atoms with Gasteiger partial charge < -0.3 is 0 Å². The monoisotopic (exact) mass is 390 g/mol. The number of rotatable bonds is 2. The highest BCUT2D eigenvalue weighted by Gasteiger charge is 2.37. The van der Waals surface area contributed by atoms with Crippen LogP contribution in [0.3, 0.4) is 0 Å². The fraction of sp³-hybridized carbons (Fsp3) is 0.444. The number of nitrogens with two attached hydrogens (primary N) is 1. The topological polar surface area (TPSA) is 90.3 Å². The number of aromatic nitrogens is 3. The summed E-state index contributed by atoms with van der Waals surface area (Å²) in [6.45, 7) is 9.13. The summed E-state index contributed by atoms with van der Waals surface area (Å²) in [5.74, 6) is 0. The Bertz CT molecular complexity index is 1120. The average molecular weight is 391 g/mol. The molecule has 8 heteroatoms. The minimum atomic E-state index is -3.84. The van der Waals surface area contributed by atoms with Gasteiger partial charge in [-0.2, -0.15) is 0 Å². The summed E-state index contributed by atoms with van der Waals surface area (Å²) in [4.78, 5) is 4.82. The first kappa shape index (κ1) is 17.6. The fourth-order valence-electron chi connectivity index (χ4n) is 3.73. The van der Waals surface area contributed by atoms with E-state index in [0.29, 0.717) is 4.96 Å². The van der Waals surface area contributed by atoms with Crippen LogP contribution in [0, 0.1) is 0 Å². The van der Waals surface area contributed by atoms with Gasteiger partial charge in [0.15, 0.2) is 0 Å². The van der Waals surface area contributed by atoms with Crippen molar-refractivity contribution < 1.29 is 8.42 Å². The maximum Gasteiger partial charge on any atom is 0.267 e. The van der Waals surface area contributed by atoms with E-state index in [9.17, 15) is 8.42 Å². The van der Waals surface area contributed by atoms with Crippen LogP contribution in [0.25, 0.3) is 16.2 Å². The molecule has 0 fully saturated rings. The van der Waals surface area contributed by atoms with E-state index in [1.807, 2.05) is 0 Å². The van der Waals surface area contributed by atoms with Crippen molar-refractivity contribution in [3.05, 3.63) is 35.5 Å². The van der Waals surface area contributed by atoms with Crippen molar-refractivity contribution in [3.8, 4) is 11.3 Å². The fourth-order valence-corrected chi connectivity index (χ4v) is 5.23. The molecule has 2 heterocycles. The lowest BCUT2D eigenvalue weighted by Gasteiger charge is -2.42. The predicted octanol–water partition coefficient (Wildman–Crippen LogP) is 3.45. The summed E-state index contributed by atoms with van der Waals surface area (Å²) in [6.07, 6.45) is 4.02. The zero-order chi connectivity index (χ0) is 18.9. The molecule has 0 saturated carbocycles. The minimum Gasteiger partial charge on any atom is -0.225 e. The normalized spacial score (nSPS) is 18.8. The maximum atomic E-state index is 11.6. The van der Waals surface area contributed by atoms with Crippen molar-refractivity contribution in [3.63, 3.8) is 0 Å². The van der Waals surface area contributed by atoms with Crippen LogP contribution in [0.15, 0.2) is 28.7 Å². The molecule has 138 valence electrons. The molecule has 0 aliphatic heterocycles. The van der Waals surface area contributed by atoms with Gasteiger partial charge in [0.25, 0.3) is 10.0 Å². The highest BCUT2D eigenvalue weighted by Crippen LogP contribution is 2.46. The van der Waals surface area contributed by atoms with Crippen LogP contribution >= 0.6 is 11.3 Å². The predicted molar refractivity (Wildman–Crippen MR) is 103 cm³/mol. The van der Waals surface area contributed by atoms with Gasteiger partial charge in [-0.15, -0.1) is 5.10 Å². The lowest BCUT2D eigenvalue weighted by Crippen LogP contribution is -2.33. The molecule has 0 saturated heterocycles. The van der Waals surface area contributed by atoms with E-state index in [0.717, 1.165) is 35.4 Å². The number of sulfonamides is 1. The number of hydrogen-bond acceptors (Lipinski definition) is 5. The second-order valence-electron chi connectivity index (χ2n) is 8.28. The zero-order valence-electron chi connectivity index (χ0n) is 15.3. The van der Waals surface area contributed by atoms with Gasteiger partial charge in [-0.05, 0) is 40.9 Å². The maximum absolute atomic E-state index is 11.6. The molecule has 3 aromatic rings. The van der Waals surface area contributed by atoms with E-state index in [-0.39, 0.29) is 15.2 Å². The van der Waals surface area contributed by atoms with Gasteiger partial charge in [0.1, 0.15) is 0 Å². The van der Waals surface area contributed by atoms with Gasteiger partial charge in [-0.25, -0.2) is 23.1 Å². The zero-order valence-corrected chi connectivity index (χ0v) is 16.9. The summed E-state index contributed by atoms with van der Waals surface area (Å²) in [6, 6.07) is 6.47. The number of fused-ring (bicyclic) bond motifs is 2. The van der Waals surface area contributed by atoms with Crippen molar-refractivity contribution >= 4 is 26.3 Å². The van der Waals surface area contributed by atoms with Crippen molar-refractivity contribution in [2.45, 2.75) is 55.7 Å². The molecule has 1 aromatic carbocycles.